The van der Waals surface area contributed by atoms with Gasteiger partial charge in [-0.2, -0.15) is 0 Å². The number of halogens is 1. The fourth-order valence-electron chi connectivity index (χ4n) is 1.14. The molecule has 1 amide bonds. The number of hydrogen-bond donors (Lipinski definition) is 1. The molecule has 0 radical (unpaired) electrons. The lowest BCUT2D eigenvalue weighted by atomic mass is 10.4. The fraction of sp³-hybridized carbons (Fsp3) is 0.545. The van der Waals surface area contributed by atoms with Gasteiger partial charge in [-0.15, -0.1) is 0 Å². The molecule has 0 bridgehead atoms. The van der Waals surface area contributed by atoms with Crippen molar-refractivity contribution in [2.75, 3.05) is 13.2 Å². The van der Waals surface area contributed by atoms with E-state index in [-0.39, 0.29) is 22.9 Å². The van der Waals surface area contributed by atoms with Gasteiger partial charge in [-0.25, -0.2) is 4.98 Å². The molecule has 0 aliphatic rings. The third kappa shape index (κ3) is 5.60. The second kappa shape index (κ2) is 7.19. The van der Waals surface area contributed by atoms with E-state index in [4.69, 9.17) is 16.3 Å². The highest BCUT2D eigenvalue weighted by Gasteiger charge is 2.07. The Bertz CT molecular complexity index is 371. The van der Waals surface area contributed by atoms with Crippen molar-refractivity contribution < 1.29 is 9.53 Å². The molecular formula is C11H16ClN3O2. The number of rotatable bonds is 6. The Hall–Kier alpha value is -1.20. The molecule has 94 valence electrons. The largest absolute Gasteiger partial charge is 0.379 e. The number of hydrogen-bond acceptors (Lipinski definition) is 4. The van der Waals surface area contributed by atoms with E-state index in [0.29, 0.717) is 13.2 Å². The van der Waals surface area contributed by atoms with Crippen molar-refractivity contribution >= 4 is 17.5 Å². The summed E-state index contributed by atoms with van der Waals surface area (Å²) in [6, 6.07) is 0. The average molecular weight is 258 g/mol. The summed E-state index contributed by atoms with van der Waals surface area (Å²) in [7, 11) is 0. The van der Waals surface area contributed by atoms with E-state index in [1.807, 2.05) is 13.8 Å². The predicted molar refractivity (Wildman–Crippen MR) is 65.1 cm³/mol. The Morgan fingerprint density at radius 3 is 2.94 bits per heavy atom. The molecule has 0 saturated carbocycles. The third-order valence-corrected chi connectivity index (χ3v) is 2.08. The Morgan fingerprint density at radius 2 is 2.29 bits per heavy atom. The van der Waals surface area contributed by atoms with Crippen molar-refractivity contribution in [2.24, 2.45) is 0 Å². The predicted octanol–water partition coefficient (Wildman–Crippen LogP) is 1.67. The molecule has 0 saturated heterocycles. The quantitative estimate of drug-likeness (QED) is 0.788. The summed E-state index contributed by atoms with van der Waals surface area (Å²) in [6.45, 7) is 5.11. The van der Waals surface area contributed by atoms with Gasteiger partial charge in [0.2, 0.25) is 0 Å². The van der Waals surface area contributed by atoms with Gasteiger partial charge in [-0.1, -0.05) is 11.6 Å². The maximum Gasteiger partial charge on any atom is 0.271 e. The van der Waals surface area contributed by atoms with Gasteiger partial charge >= 0.3 is 0 Å². The van der Waals surface area contributed by atoms with Crippen LogP contribution >= 0.6 is 11.6 Å². The summed E-state index contributed by atoms with van der Waals surface area (Å²) in [4.78, 5) is 19.2. The normalized spacial score (nSPS) is 10.6. The second-order valence-corrected chi connectivity index (χ2v) is 4.14. The SMILES string of the molecule is CC(C)OCCCNC(=O)c1cncc(Cl)n1. The van der Waals surface area contributed by atoms with Gasteiger partial charge in [0.25, 0.3) is 5.91 Å². The maximum atomic E-state index is 11.6. The Balaban J connectivity index is 2.26. The highest BCUT2D eigenvalue weighted by Crippen LogP contribution is 2.02. The van der Waals surface area contributed by atoms with E-state index in [2.05, 4.69) is 15.3 Å². The zero-order valence-corrected chi connectivity index (χ0v) is 10.7. The van der Waals surface area contributed by atoms with Crippen LogP contribution in [-0.4, -0.2) is 35.1 Å². The van der Waals surface area contributed by atoms with Crippen LogP contribution in [0.25, 0.3) is 0 Å². The fourth-order valence-corrected chi connectivity index (χ4v) is 1.28. The van der Waals surface area contributed by atoms with Crippen molar-refractivity contribution in [3.8, 4) is 0 Å². The first-order chi connectivity index (χ1) is 8.09. The second-order valence-electron chi connectivity index (χ2n) is 3.76. The lowest BCUT2D eigenvalue weighted by Crippen LogP contribution is -2.26. The number of nitrogens with one attached hydrogen (secondary N) is 1. The Labute approximate surface area is 106 Å². The molecule has 17 heavy (non-hydrogen) atoms. The van der Waals surface area contributed by atoms with Crippen LogP contribution in [0.2, 0.25) is 5.15 Å². The van der Waals surface area contributed by atoms with E-state index in [0.717, 1.165) is 6.42 Å². The van der Waals surface area contributed by atoms with Gasteiger partial charge in [0.15, 0.2) is 0 Å². The van der Waals surface area contributed by atoms with Gasteiger partial charge in [-0.3, -0.25) is 9.78 Å². The van der Waals surface area contributed by atoms with E-state index in [1.54, 1.807) is 0 Å². The molecule has 0 atom stereocenters. The Morgan fingerprint density at radius 1 is 1.53 bits per heavy atom. The average Bonchev–Trinajstić information content (AvgIpc) is 2.28. The number of ether oxygens (including phenoxy) is 1. The summed E-state index contributed by atoms with van der Waals surface area (Å²) in [5, 5.41) is 2.93. The first-order valence-electron chi connectivity index (χ1n) is 5.47. The monoisotopic (exact) mass is 257 g/mol. The minimum absolute atomic E-state index is 0.209. The first-order valence-corrected chi connectivity index (χ1v) is 5.84. The molecule has 1 aromatic heterocycles. The maximum absolute atomic E-state index is 11.6. The molecule has 6 heteroatoms. The van der Waals surface area contributed by atoms with Crippen LogP contribution in [0.3, 0.4) is 0 Å². The summed E-state index contributed by atoms with van der Waals surface area (Å²) >= 11 is 5.63. The van der Waals surface area contributed by atoms with E-state index < -0.39 is 0 Å². The molecule has 0 aliphatic heterocycles. The number of carbonyl (C=O) groups excluding carboxylic acids is 1. The molecule has 5 nitrogen and oxygen atoms in total. The van der Waals surface area contributed by atoms with Crippen molar-refractivity contribution in [2.45, 2.75) is 26.4 Å². The van der Waals surface area contributed by atoms with Gasteiger partial charge < -0.3 is 10.1 Å². The smallest absolute Gasteiger partial charge is 0.271 e. The molecule has 0 aromatic carbocycles. The summed E-state index contributed by atoms with van der Waals surface area (Å²) < 4.78 is 5.35. The number of carbonyl (C=O) groups is 1. The lowest BCUT2D eigenvalue weighted by molar-refractivity contribution is 0.0756. The van der Waals surface area contributed by atoms with Crippen molar-refractivity contribution in [1.82, 2.24) is 15.3 Å². The molecular weight excluding hydrogens is 242 g/mol. The van der Waals surface area contributed by atoms with Crippen LogP contribution in [0, 0.1) is 0 Å². The molecule has 1 aromatic rings. The topological polar surface area (TPSA) is 64.1 Å². The summed E-state index contributed by atoms with van der Waals surface area (Å²) in [6.07, 6.45) is 3.74. The van der Waals surface area contributed by atoms with Crippen molar-refractivity contribution in [3.63, 3.8) is 0 Å². The van der Waals surface area contributed by atoms with E-state index in [9.17, 15) is 4.79 Å². The summed E-state index contributed by atoms with van der Waals surface area (Å²) in [5.41, 5.74) is 0.224. The summed E-state index contributed by atoms with van der Waals surface area (Å²) in [5.74, 6) is -0.274. The molecule has 0 unspecified atom stereocenters. The van der Waals surface area contributed by atoms with Crippen LogP contribution in [0.15, 0.2) is 12.4 Å². The molecule has 1 rings (SSSR count). The number of amides is 1. The third-order valence-electron chi connectivity index (χ3n) is 1.90. The molecule has 1 N–H and O–H groups in total. The van der Waals surface area contributed by atoms with Gasteiger partial charge in [0, 0.05) is 13.2 Å². The molecule has 0 spiro atoms. The van der Waals surface area contributed by atoms with E-state index in [1.165, 1.54) is 12.4 Å². The first kappa shape index (κ1) is 13.9. The zero-order chi connectivity index (χ0) is 12.7. The minimum atomic E-state index is -0.274. The van der Waals surface area contributed by atoms with Crippen LogP contribution in [0.1, 0.15) is 30.8 Å². The van der Waals surface area contributed by atoms with Crippen LogP contribution < -0.4 is 5.32 Å². The highest BCUT2D eigenvalue weighted by atomic mass is 35.5. The zero-order valence-electron chi connectivity index (χ0n) is 9.94. The van der Waals surface area contributed by atoms with E-state index >= 15 is 0 Å². The molecule has 0 aliphatic carbocycles. The van der Waals surface area contributed by atoms with Crippen LogP contribution in [-0.2, 0) is 4.74 Å². The minimum Gasteiger partial charge on any atom is -0.379 e. The van der Waals surface area contributed by atoms with Gasteiger partial charge in [0.1, 0.15) is 10.8 Å². The molecule has 1 heterocycles. The Kier molecular flexibility index (Phi) is 5.86. The van der Waals surface area contributed by atoms with Crippen LogP contribution in [0.5, 0.6) is 0 Å². The van der Waals surface area contributed by atoms with Gasteiger partial charge in [0.05, 0.1) is 18.5 Å². The van der Waals surface area contributed by atoms with Crippen molar-refractivity contribution in [3.05, 3.63) is 23.2 Å². The van der Waals surface area contributed by atoms with Gasteiger partial charge in [-0.05, 0) is 20.3 Å². The standard InChI is InChI=1S/C11H16ClN3O2/c1-8(2)17-5-3-4-14-11(16)9-6-13-7-10(12)15-9/h6-8H,3-5H2,1-2H3,(H,14,16). The number of aromatic nitrogens is 2. The number of nitrogens with zero attached hydrogens (tertiary/aromatic N) is 2. The highest BCUT2D eigenvalue weighted by molar-refractivity contribution is 6.29. The molecule has 0 fully saturated rings. The van der Waals surface area contributed by atoms with Crippen LogP contribution in [0.4, 0.5) is 0 Å². The lowest BCUT2D eigenvalue weighted by Gasteiger charge is -2.07. The van der Waals surface area contributed by atoms with Crippen molar-refractivity contribution in [1.29, 1.82) is 0 Å².